The summed E-state index contributed by atoms with van der Waals surface area (Å²) < 4.78 is 40.8. The lowest BCUT2D eigenvalue weighted by Gasteiger charge is -2.13. The number of carbonyl (C=O) groups is 3. The summed E-state index contributed by atoms with van der Waals surface area (Å²) in [5.74, 6) is -1.35. The summed E-state index contributed by atoms with van der Waals surface area (Å²) in [6.45, 7) is 2.81. The largest absolute Gasteiger partial charge is 0.493 e. The van der Waals surface area contributed by atoms with E-state index in [1.54, 1.807) is 19.9 Å². The zero-order valence-corrected chi connectivity index (χ0v) is 20.7. The van der Waals surface area contributed by atoms with Gasteiger partial charge >= 0.3 is 16.1 Å². The van der Waals surface area contributed by atoms with E-state index in [4.69, 9.17) is 25.3 Å². The average Bonchev–Trinajstić information content (AvgIpc) is 3.00. The second kappa shape index (κ2) is 10.5. The summed E-state index contributed by atoms with van der Waals surface area (Å²) >= 11 is 6.46. The highest BCUT2D eigenvalue weighted by Gasteiger charge is 2.36. The van der Waals surface area contributed by atoms with Crippen molar-refractivity contribution in [2.45, 2.75) is 24.8 Å². The van der Waals surface area contributed by atoms with E-state index < -0.39 is 33.8 Å². The van der Waals surface area contributed by atoms with Crippen LogP contribution in [0, 0.1) is 0 Å². The number of carbonyl (C=O) groups excluding carboxylic acids is 3. The van der Waals surface area contributed by atoms with Crippen LogP contribution in [0.4, 0.5) is 4.79 Å². The van der Waals surface area contributed by atoms with Crippen molar-refractivity contribution in [2.75, 3.05) is 13.7 Å². The van der Waals surface area contributed by atoms with Crippen LogP contribution >= 0.6 is 23.4 Å². The van der Waals surface area contributed by atoms with Crippen molar-refractivity contribution < 1.29 is 36.5 Å². The highest BCUT2D eigenvalue weighted by atomic mass is 35.5. The molecule has 2 aromatic rings. The van der Waals surface area contributed by atoms with Crippen molar-refractivity contribution in [3.8, 4) is 11.5 Å². The van der Waals surface area contributed by atoms with Gasteiger partial charge in [-0.3, -0.25) is 19.3 Å². The number of hydrogen-bond acceptors (Lipinski definition) is 9. The Kier molecular flexibility index (Phi) is 7.90. The first-order chi connectivity index (χ1) is 16.0. The summed E-state index contributed by atoms with van der Waals surface area (Å²) in [5, 5.41) is -0.253. The van der Waals surface area contributed by atoms with Gasteiger partial charge in [0.15, 0.2) is 11.5 Å². The van der Waals surface area contributed by atoms with E-state index in [0.717, 1.165) is 4.90 Å². The van der Waals surface area contributed by atoms with Crippen LogP contribution in [0.3, 0.4) is 0 Å². The summed E-state index contributed by atoms with van der Waals surface area (Å²) in [6.07, 6.45) is 1.00. The molecule has 1 fully saturated rings. The maximum absolute atomic E-state index is 12.7. The lowest BCUT2D eigenvalue weighted by atomic mass is 10.2. The van der Waals surface area contributed by atoms with Crippen LogP contribution in [-0.4, -0.2) is 50.2 Å². The van der Waals surface area contributed by atoms with Gasteiger partial charge in [0.05, 0.1) is 18.1 Å². The van der Waals surface area contributed by atoms with Crippen molar-refractivity contribution in [3.63, 3.8) is 0 Å². The van der Waals surface area contributed by atoms with E-state index in [1.807, 2.05) is 0 Å². The highest BCUT2D eigenvalue weighted by Crippen LogP contribution is 2.35. The first-order valence-electron chi connectivity index (χ1n) is 9.83. The molecule has 0 spiro atoms. The number of nitrogens with zero attached hydrogens (tertiary/aromatic N) is 1. The molecule has 0 atom stereocenters. The summed E-state index contributed by atoms with van der Waals surface area (Å²) in [5.41, 5.74) is 0.373. The molecule has 0 aromatic heterocycles. The Labute approximate surface area is 205 Å². The van der Waals surface area contributed by atoms with Crippen LogP contribution < -0.4 is 8.92 Å². The molecular formula is C22H20ClNO8S2. The molecule has 0 radical (unpaired) electrons. The SMILES string of the molecule is COc1ccc(/C=C2\SC(=O)N(CC(=O)OC(C)C)C2=O)cc1OS(=O)(=O)c1ccc(Cl)cc1. The Bertz CT molecular complexity index is 1260. The molecule has 0 saturated carbocycles. The molecule has 1 heterocycles. The number of halogens is 1. The molecule has 34 heavy (non-hydrogen) atoms. The van der Waals surface area contributed by atoms with Gasteiger partial charge in [0, 0.05) is 5.02 Å². The molecule has 0 aliphatic carbocycles. The molecule has 12 heteroatoms. The van der Waals surface area contributed by atoms with E-state index >= 15 is 0 Å². The number of benzene rings is 2. The quantitative estimate of drug-likeness (QED) is 0.285. The van der Waals surface area contributed by atoms with Gasteiger partial charge in [-0.15, -0.1) is 0 Å². The number of ether oxygens (including phenoxy) is 2. The van der Waals surface area contributed by atoms with Crippen LogP contribution in [-0.2, 0) is 24.4 Å². The van der Waals surface area contributed by atoms with E-state index in [9.17, 15) is 22.8 Å². The number of rotatable bonds is 8. The van der Waals surface area contributed by atoms with Gasteiger partial charge in [0.1, 0.15) is 11.4 Å². The van der Waals surface area contributed by atoms with Crippen LogP contribution in [0.15, 0.2) is 52.3 Å². The fraction of sp³-hybridized carbons (Fsp3) is 0.227. The van der Waals surface area contributed by atoms with Crippen LogP contribution in [0.5, 0.6) is 11.5 Å². The van der Waals surface area contributed by atoms with Gasteiger partial charge in [-0.1, -0.05) is 17.7 Å². The normalized spacial score (nSPS) is 15.2. The lowest BCUT2D eigenvalue weighted by Crippen LogP contribution is -2.35. The molecule has 2 aromatic carbocycles. The van der Waals surface area contributed by atoms with Crippen LogP contribution in [0.2, 0.25) is 5.02 Å². The zero-order chi connectivity index (χ0) is 25.0. The Balaban J connectivity index is 1.85. The van der Waals surface area contributed by atoms with Crippen molar-refractivity contribution in [1.82, 2.24) is 4.90 Å². The van der Waals surface area contributed by atoms with Gasteiger partial charge in [0.2, 0.25) is 0 Å². The number of hydrogen-bond donors (Lipinski definition) is 0. The van der Waals surface area contributed by atoms with Gasteiger partial charge in [-0.05, 0) is 73.6 Å². The van der Waals surface area contributed by atoms with Gasteiger partial charge < -0.3 is 13.7 Å². The minimum absolute atomic E-state index is 0.0547. The number of amides is 2. The Hall–Kier alpha value is -3.02. The van der Waals surface area contributed by atoms with Crippen molar-refractivity contribution in [1.29, 1.82) is 0 Å². The molecular weight excluding hydrogens is 506 g/mol. The molecule has 9 nitrogen and oxygen atoms in total. The molecule has 1 aliphatic heterocycles. The molecule has 0 N–H and O–H groups in total. The Morgan fingerprint density at radius 2 is 1.79 bits per heavy atom. The standard InChI is InChI=1S/C22H20ClNO8S2/c1-13(2)31-20(25)12-24-21(26)19(33-22(24)27)11-14-4-9-17(30-3)18(10-14)32-34(28,29)16-7-5-15(23)6-8-16/h4-11,13H,12H2,1-3H3/b19-11-. The second-order valence-corrected chi connectivity index (χ2v) is 10.2. The molecule has 2 amide bonds. The van der Waals surface area contributed by atoms with Gasteiger partial charge in [-0.25, -0.2) is 0 Å². The molecule has 1 saturated heterocycles. The Morgan fingerprint density at radius 3 is 2.41 bits per heavy atom. The smallest absolute Gasteiger partial charge is 0.339 e. The molecule has 180 valence electrons. The summed E-state index contributed by atoms with van der Waals surface area (Å²) in [7, 11) is -2.86. The molecule has 3 rings (SSSR count). The van der Waals surface area contributed by atoms with Crippen molar-refractivity contribution >= 4 is 56.7 Å². The van der Waals surface area contributed by atoms with E-state index in [1.165, 1.54) is 49.6 Å². The first kappa shape index (κ1) is 25.6. The van der Waals surface area contributed by atoms with Crippen LogP contribution in [0.25, 0.3) is 6.08 Å². The summed E-state index contributed by atoms with van der Waals surface area (Å²) in [6, 6.07) is 9.80. The van der Waals surface area contributed by atoms with Gasteiger partial charge in [-0.2, -0.15) is 8.42 Å². The maximum atomic E-state index is 12.7. The third kappa shape index (κ3) is 6.10. The predicted octanol–water partition coefficient (Wildman–Crippen LogP) is 4.10. The van der Waals surface area contributed by atoms with Crippen LogP contribution in [0.1, 0.15) is 19.4 Å². The maximum Gasteiger partial charge on any atom is 0.339 e. The second-order valence-electron chi connectivity index (χ2n) is 7.21. The number of esters is 1. The zero-order valence-electron chi connectivity index (χ0n) is 18.3. The minimum atomic E-state index is -4.20. The highest BCUT2D eigenvalue weighted by molar-refractivity contribution is 8.18. The van der Waals surface area contributed by atoms with E-state index in [0.29, 0.717) is 22.3 Å². The third-order valence-electron chi connectivity index (χ3n) is 4.32. The van der Waals surface area contributed by atoms with Gasteiger partial charge in [0.25, 0.3) is 11.1 Å². The Morgan fingerprint density at radius 1 is 1.12 bits per heavy atom. The fourth-order valence-corrected chi connectivity index (χ4v) is 4.73. The monoisotopic (exact) mass is 525 g/mol. The summed E-state index contributed by atoms with van der Waals surface area (Å²) in [4.78, 5) is 37.4. The minimum Gasteiger partial charge on any atom is -0.493 e. The molecule has 1 aliphatic rings. The van der Waals surface area contributed by atoms with Crippen molar-refractivity contribution in [3.05, 3.63) is 58.0 Å². The van der Waals surface area contributed by atoms with Crippen molar-refractivity contribution in [2.24, 2.45) is 0 Å². The predicted molar refractivity (Wildman–Crippen MR) is 126 cm³/mol. The average molecular weight is 526 g/mol. The topological polar surface area (TPSA) is 116 Å². The molecule has 0 bridgehead atoms. The molecule has 0 unspecified atom stereocenters. The number of methoxy groups -OCH3 is 1. The third-order valence-corrected chi connectivity index (χ3v) is 6.72. The van der Waals surface area contributed by atoms with E-state index in [-0.39, 0.29) is 27.4 Å². The number of imide groups is 1. The fourth-order valence-electron chi connectivity index (χ4n) is 2.83. The van der Waals surface area contributed by atoms with E-state index in [2.05, 4.69) is 0 Å². The number of thioether (sulfide) groups is 1. The first-order valence-corrected chi connectivity index (χ1v) is 12.4. The lowest BCUT2D eigenvalue weighted by molar-refractivity contribution is -0.149.